The summed E-state index contributed by atoms with van der Waals surface area (Å²) < 4.78 is 5.89. The molecule has 3 rings (SSSR count). The van der Waals surface area contributed by atoms with Crippen molar-refractivity contribution in [3.05, 3.63) is 29.3 Å². The molecule has 5 nitrogen and oxygen atoms in total. The molecule has 1 N–H and O–H groups in total. The number of carbonyl (C=O) groups excluding carboxylic acids is 2. The molecule has 0 bridgehead atoms. The third kappa shape index (κ3) is 2.70. The minimum Gasteiger partial charge on any atom is -0.467 e. The van der Waals surface area contributed by atoms with Crippen LogP contribution >= 0.6 is 11.3 Å². The standard InChI is InChI=1S/C16H18N2O3S/c1-21-15(20)16(7-3-2-4-8-16)18-14(19)11-5-6-12-13(9-11)22-10-17-12/h5-6,9-10H,2-4,7-8H2,1H3,(H,18,19). The highest BCUT2D eigenvalue weighted by Crippen LogP contribution is 2.30. The monoisotopic (exact) mass is 318 g/mol. The largest absolute Gasteiger partial charge is 0.467 e. The quantitative estimate of drug-likeness (QED) is 0.884. The topological polar surface area (TPSA) is 68.3 Å². The van der Waals surface area contributed by atoms with Crippen molar-refractivity contribution in [2.24, 2.45) is 0 Å². The second kappa shape index (κ2) is 6.04. The Morgan fingerprint density at radius 1 is 1.27 bits per heavy atom. The second-order valence-electron chi connectivity index (χ2n) is 5.62. The van der Waals surface area contributed by atoms with Gasteiger partial charge < -0.3 is 10.1 Å². The number of rotatable bonds is 3. The van der Waals surface area contributed by atoms with E-state index in [1.165, 1.54) is 18.4 Å². The lowest BCUT2D eigenvalue weighted by atomic mass is 9.81. The molecule has 1 aliphatic carbocycles. The molecule has 22 heavy (non-hydrogen) atoms. The number of aromatic nitrogens is 1. The van der Waals surface area contributed by atoms with Crippen molar-refractivity contribution in [3.8, 4) is 0 Å². The van der Waals surface area contributed by atoms with E-state index >= 15 is 0 Å². The second-order valence-corrected chi connectivity index (χ2v) is 6.51. The van der Waals surface area contributed by atoms with Crippen LogP contribution in [0.2, 0.25) is 0 Å². The van der Waals surface area contributed by atoms with Gasteiger partial charge in [-0.1, -0.05) is 19.3 Å². The molecule has 0 atom stereocenters. The molecule has 1 saturated carbocycles. The van der Waals surface area contributed by atoms with Gasteiger partial charge in [0.1, 0.15) is 5.54 Å². The number of benzene rings is 1. The summed E-state index contributed by atoms with van der Waals surface area (Å²) in [6.07, 6.45) is 4.19. The van der Waals surface area contributed by atoms with Crippen LogP contribution in [0.1, 0.15) is 42.5 Å². The van der Waals surface area contributed by atoms with Gasteiger partial charge in [-0.2, -0.15) is 0 Å². The highest BCUT2D eigenvalue weighted by atomic mass is 32.1. The molecule has 1 heterocycles. The number of hydrogen-bond acceptors (Lipinski definition) is 5. The van der Waals surface area contributed by atoms with Gasteiger partial charge in [0.2, 0.25) is 0 Å². The maximum atomic E-state index is 12.6. The summed E-state index contributed by atoms with van der Waals surface area (Å²) >= 11 is 1.49. The first kappa shape index (κ1) is 15.0. The molecule has 0 unspecified atom stereocenters. The molecular weight excluding hydrogens is 300 g/mol. The van der Waals surface area contributed by atoms with Gasteiger partial charge in [0.15, 0.2) is 0 Å². The van der Waals surface area contributed by atoms with Crippen LogP contribution in [0, 0.1) is 0 Å². The Balaban J connectivity index is 1.85. The minimum atomic E-state index is -0.882. The summed E-state index contributed by atoms with van der Waals surface area (Å²) in [5, 5.41) is 2.93. The van der Waals surface area contributed by atoms with Crippen LogP contribution in [0.25, 0.3) is 10.2 Å². The average Bonchev–Trinajstić information content (AvgIpc) is 3.02. The molecule has 1 aromatic heterocycles. The Kier molecular flexibility index (Phi) is 4.11. The number of ether oxygens (including phenoxy) is 1. The zero-order valence-corrected chi connectivity index (χ0v) is 13.2. The van der Waals surface area contributed by atoms with Gasteiger partial charge in [0.25, 0.3) is 5.91 Å². The zero-order valence-electron chi connectivity index (χ0n) is 12.4. The van der Waals surface area contributed by atoms with Gasteiger partial charge in [-0.25, -0.2) is 9.78 Å². The number of esters is 1. The van der Waals surface area contributed by atoms with Crippen molar-refractivity contribution in [2.75, 3.05) is 7.11 Å². The fourth-order valence-electron chi connectivity index (χ4n) is 3.02. The van der Waals surface area contributed by atoms with Gasteiger partial charge in [0.05, 0.1) is 22.8 Å². The van der Waals surface area contributed by atoms with E-state index in [4.69, 9.17) is 4.74 Å². The number of nitrogens with one attached hydrogen (secondary N) is 1. The van der Waals surface area contributed by atoms with Crippen molar-refractivity contribution < 1.29 is 14.3 Å². The molecule has 6 heteroatoms. The lowest BCUT2D eigenvalue weighted by Gasteiger charge is -2.35. The highest BCUT2D eigenvalue weighted by molar-refractivity contribution is 7.16. The Morgan fingerprint density at radius 2 is 2.05 bits per heavy atom. The average molecular weight is 318 g/mol. The van der Waals surface area contributed by atoms with Gasteiger partial charge in [-0.15, -0.1) is 11.3 Å². The van der Waals surface area contributed by atoms with E-state index in [2.05, 4.69) is 10.3 Å². The zero-order chi connectivity index (χ0) is 15.6. The molecule has 1 aromatic carbocycles. The van der Waals surface area contributed by atoms with Crippen LogP contribution in [0.5, 0.6) is 0 Å². The number of nitrogens with zero attached hydrogens (tertiary/aromatic N) is 1. The number of carbonyl (C=O) groups is 2. The molecule has 116 valence electrons. The molecule has 1 amide bonds. The Morgan fingerprint density at radius 3 is 2.77 bits per heavy atom. The predicted octanol–water partition coefficient (Wildman–Crippen LogP) is 2.90. The summed E-state index contributed by atoms with van der Waals surface area (Å²) in [7, 11) is 1.37. The molecular formula is C16H18N2O3S. The molecule has 0 aliphatic heterocycles. The SMILES string of the molecule is COC(=O)C1(NC(=O)c2ccc3ncsc3c2)CCCCC1. The Hall–Kier alpha value is -1.95. The van der Waals surface area contributed by atoms with E-state index in [0.717, 1.165) is 29.5 Å². The van der Waals surface area contributed by atoms with Gasteiger partial charge in [-0.05, 0) is 31.0 Å². The van der Waals surface area contributed by atoms with Crippen molar-refractivity contribution in [1.29, 1.82) is 0 Å². The smallest absolute Gasteiger partial charge is 0.331 e. The van der Waals surface area contributed by atoms with E-state index in [1.54, 1.807) is 11.6 Å². The summed E-state index contributed by atoms with van der Waals surface area (Å²) in [6.45, 7) is 0. The van der Waals surface area contributed by atoms with Gasteiger partial charge in [-0.3, -0.25) is 4.79 Å². The molecule has 1 fully saturated rings. The van der Waals surface area contributed by atoms with E-state index in [9.17, 15) is 9.59 Å². The first-order chi connectivity index (χ1) is 10.6. The number of amides is 1. The normalized spacial score (nSPS) is 17.1. The highest BCUT2D eigenvalue weighted by Gasteiger charge is 2.42. The van der Waals surface area contributed by atoms with E-state index in [-0.39, 0.29) is 11.9 Å². The Labute approximate surface area is 132 Å². The summed E-state index contributed by atoms with van der Waals surface area (Å²) in [5.74, 6) is -0.581. The van der Waals surface area contributed by atoms with Crippen LogP contribution < -0.4 is 5.32 Å². The lowest BCUT2D eigenvalue weighted by molar-refractivity contribution is -0.149. The number of thiazole rings is 1. The van der Waals surface area contributed by atoms with Crippen LogP contribution in [-0.4, -0.2) is 29.5 Å². The van der Waals surface area contributed by atoms with Gasteiger partial charge >= 0.3 is 5.97 Å². The lowest BCUT2D eigenvalue weighted by Crippen LogP contribution is -2.56. The summed E-state index contributed by atoms with van der Waals surface area (Å²) in [4.78, 5) is 29.0. The molecule has 1 aliphatic rings. The van der Waals surface area contributed by atoms with Crippen LogP contribution in [-0.2, 0) is 9.53 Å². The van der Waals surface area contributed by atoms with Gasteiger partial charge in [0, 0.05) is 5.56 Å². The molecule has 0 saturated heterocycles. The maximum absolute atomic E-state index is 12.6. The fraction of sp³-hybridized carbons (Fsp3) is 0.438. The molecule has 0 radical (unpaired) electrons. The summed E-state index contributed by atoms with van der Waals surface area (Å²) in [6, 6.07) is 5.38. The van der Waals surface area contributed by atoms with Crippen molar-refractivity contribution in [1.82, 2.24) is 10.3 Å². The first-order valence-corrected chi connectivity index (χ1v) is 8.27. The molecule has 2 aromatic rings. The number of hydrogen-bond donors (Lipinski definition) is 1. The van der Waals surface area contributed by atoms with E-state index < -0.39 is 5.54 Å². The Bertz CT molecular complexity index is 704. The van der Waals surface area contributed by atoms with E-state index in [1.807, 2.05) is 12.1 Å². The fourth-order valence-corrected chi connectivity index (χ4v) is 3.73. The van der Waals surface area contributed by atoms with Crippen molar-refractivity contribution in [3.63, 3.8) is 0 Å². The third-order valence-corrected chi connectivity index (χ3v) is 5.02. The van der Waals surface area contributed by atoms with Crippen molar-refractivity contribution >= 4 is 33.4 Å². The van der Waals surface area contributed by atoms with Crippen LogP contribution in [0.3, 0.4) is 0 Å². The maximum Gasteiger partial charge on any atom is 0.331 e. The number of methoxy groups -OCH3 is 1. The third-order valence-electron chi connectivity index (χ3n) is 4.23. The van der Waals surface area contributed by atoms with Crippen LogP contribution in [0.4, 0.5) is 0 Å². The minimum absolute atomic E-state index is 0.234. The number of fused-ring (bicyclic) bond motifs is 1. The van der Waals surface area contributed by atoms with E-state index in [0.29, 0.717) is 18.4 Å². The molecule has 0 spiro atoms. The summed E-state index contributed by atoms with van der Waals surface area (Å²) in [5.41, 5.74) is 2.29. The first-order valence-electron chi connectivity index (χ1n) is 7.39. The van der Waals surface area contributed by atoms with Crippen molar-refractivity contribution in [2.45, 2.75) is 37.6 Å². The predicted molar refractivity (Wildman–Crippen MR) is 84.9 cm³/mol. The van der Waals surface area contributed by atoms with Crippen LogP contribution in [0.15, 0.2) is 23.7 Å².